The first-order valence-electron chi connectivity index (χ1n) is 13.5. The Bertz CT molecular complexity index is 1170. The topological polar surface area (TPSA) is 57.7 Å². The average Bonchev–Trinajstić information content (AvgIpc) is 3.66. The van der Waals surface area contributed by atoms with Gasteiger partial charge in [-0.3, -0.25) is 9.88 Å². The van der Waals surface area contributed by atoms with E-state index in [2.05, 4.69) is 47.5 Å². The van der Waals surface area contributed by atoms with Gasteiger partial charge in [0.2, 0.25) is 0 Å². The number of fused-ring (bicyclic) bond motifs is 1. The van der Waals surface area contributed by atoms with Crippen molar-refractivity contribution in [2.45, 2.75) is 51.6 Å². The fraction of sp³-hybridized carbons (Fsp3) is 0.517. The number of allylic oxidation sites excluding steroid dienone is 2. The molecule has 2 aromatic rings. The number of carbonyl (C=O) groups is 1. The molecule has 1 N–H and O–H groups in total. The van der Waals surface area contributed by atoms with E-state index in [0.717, 1.165) is 64.3 Å². The number of amides is 2. The highest BCUT2D eigenvalue weighted by molar-refractivity contribution is 7.15. The second kappa shape index (κ2) is 10.5. The molecule has 1 atom stereocenters. The van der Waals surface area contributed by atoms with Crippen molar-refractivity contribution in [1.29, 1.82) is 0 Å². The molecule has 4 heterocycles. The fourth-order valence-electron chi connectivity index (χ4n) is 5.99. The van der Waals surface area contributed by atoms with Crippen LogP contribution >= 0.6 is 11.3 Å². The summed E-state index contributed by atoms with van der Waals surface area (Å²) in [5, 5.41) is 3.25. The molecular formula is C29H36N4O2S. The Hall–Kier alpha value is -2.48. The molecule has 6 nitrogen and oxygen atoms in total. The SMILES string of the molecule is CC1CN(C(=O)NC2CCCC2)CC=C1C1=CCc2ncc(-c3ccc(CN4CCOCC4)s3)cc21. The number of pyridine rings is 1. The van der Waals surface area contributed by atoms with E-state index < -0.39 is 0 Å². The molecule has 4 aliphatic rings. The van der Waals surface area contributed by atoms with Crippen molar-refractivity contribution in [3.8, 4) is 10.4 Å². The fourth-order valence-corrected chi connectivity index (χ4v) is 7.03. The van der Waals surface area contributed by atoms with E-state index in [4.69, 9.17) is 9.72 Å². The highest BCUT2D eigenvalue weighted by Crippen LogP contribution is 2.39. The van der Waals surface area contributed by atoms with Crippen LogP contribution in [0.25, 0.3) is 16.0 Å². The second-order valence-corrected chi connectivity index (χ2v) is 11.8. The molecule has 1 saturated heterocycles. The van der Waals surface area contributed by atoms with Gasteiger partial charge in [-0.05, 0) is 48.1 Å². The third-order valence-corrected chi connectivity index (χ3v) is 9.15. The van der Waals surface area contributed by atoms with Crippen LogP contribution in [0.15, 0.2) is 42.1 Å². The van der Waals surface area contributed by atoms with Gasteiger partial charge in [0.25, 0.3) is 0 Å². The number of nitrogens with one attached hydrogen (secondary N) is 1. The van der Waals surface area contributed by atoms with Crippen molar-refractivity contribution < 1.29 is 9.53 Å². The number of rotatable bonds is 5. The molecule has 0 aromatic carbocycles. The Morgan fingerprint density at radius 2 is 2.03 bits per heavy atom. The number of urea groups is 1. The van der Waals surface area contributed by atoms with Gasteiger partial charge in [0, 0.05) is 72.3 Å². The lowest BCUT2D eigenvalue weighted by Crippen LogP contribution is -2.47. The van der Waals surface area contributed by atoms with Crippen LogP contribution in [0.5, 0.6) is 0 Å². The van der Waals surface area contributed by atoms with Crippen LogP contribution in [-0.4, -0.2) is 66.2 Å². The van der Waals surface area contributed by atoms with Crippen LogP contribution < -0.4 is 5.32 Å². The van der Waals surface area contributed by atoms with Gasteiger partial charge >= 0.3 is 6.03 Å². The summed E-state index contributed by atoms with van der Waals surface area (Å²) in [6.45, 7) is 8.36. The highest BCUT2D eigenvalue weighted by atomic mass is 32.1. The number of hydrogen-bond donors (Lipinski definition) is 1. The Morgan fingerprint density at radius 3 is 2.83 bits per heavy atom. The molecule has 0 radical (unpaired) electrons. The molecule has 2 fully saturated rings. The molecule has 0 spiro atoms. The van der Waals surface area contributed by atoms with Crippen LogP contribution in [0.2, 0.25) is 0 Å². The Morgan fingerprint density at radius 1 is 1.19 bits per heavy atom. The maximum absolute atomic E-state index is 12.8. The number of ether oxygens (including phenoxy) is 1. The van der Waals surface area contributed by atoms with Crippen molar-refractivity contribution in [3.05, 3.63) is 58.3 Å². The van der Waals surface area contributed by atoms with Gasteiger partial charge in [-0.1, -0.05) is 31.9 Å². The summed E-state index contributed by atoms with van der Waals surface area (Å²) < 4.78 is 5.49. The normalized spacial score (nSPS) is 22.9. The van der Waals surface area contributed by atoms with Crippen LogP contribution in [0.4, 0.5) is 4.79 Å². The molecule has 7 heteroatoms. The molecule has 2 aromatic heterocycles. The monoisotopic (exact) mass is 504 g/mol. The van der Waals surface area contributed by atoms with Crippen molar-refractivity contribution in [2.24, 2.45) is 5.92 Å². The molecule has 2 amide bonds. The Balaban J connectivity index is 1.16. The minimum atomic E-state index is 0.0967. The van der Waals surface area contributed by atoms with Crippen LogP contribution in [0.3, 0.4) is 0 Å². The molecule has 36 heavy (non-hydrogen) atoms. The first-order valence-corrected chi connectivity index (χ1v) is 14.3. The van der Waals surface area contributed by atoms with Crippen molar-refractivity contribution in [2.75, 3.05) is 39.4 Å². The molecular weight excluding hydrogens is 468 g/mol. The molecule has 190 valence electrons. The van der Waals surface area contributed by atoms with Crippen LogP contribution in [0, 0.1) is 5.92 Å². The zero-order chi connectivity index (χ0) is 24.5. The number of hydrogen-bond acceptors (Lipinski definition) is 5. The predicted octanol–water partition coefficient (Wildman–Crippen LogP) is 5.11. The Kier molecular flexibility index (Phi) is 6.96. The first-order chi connectivity index (χ1) is 17.6. The lowest BCUT2D eigenvalue weighted by atomic mass is 9.87. The van der Waals surface area contributed by atoms with Gasteiger partial charge in [-0.25, -0.2) is 4.79 Å². The molecule has 0 bridgehead atoms. The van der Waals surface area contributed by atoms with E-state index in [1.54, 1.807) is 0 Å². The minimum absolute atomic E-state index is 0.0967. The maximum atomic E-state index is 12.8. The predicted molar refractivity (Wildman–Crippen MR) is 145 cm³/mol. The van der Waals surface area contributed by atoms with E-state index in [1.807, 2.05) is 22.4 Å². The third-order valence-electron chi connectivity index (χ3n) is 8.03. The highest BCUT2D eigenvalue weighted by Gasteiger charge is 2.29. The zero-order valence-electron chi connectivity index (χ0n) is 21.2. The van der Waals surface area contributed by atoms with E-state index in [-0.39, 0.29) is 6.03 Å². The number of thiophene rings is 1. The van der Waals surface area contributed by atoms with Crippen molar-refractivity contribution >= 4 is 22.9 Å². The van der Waals surface area contributed by atoms with E-state index in [1.165, 1.54) is 44.9 Å². The lowest BCUT2D eigenvalue weighted by Gasteiger charge is -2.33. The largest absolute Gasteiger partial charge is 0.379 e. The van der Waals surface area contributed by atoms with Crippen molar-refractivity contribution in [1.82, 2.24) is 20.1 Å². The van der Waals surface area contributed by atoms with Gasteiger partial charge in [0.05, 0.1) is 18.9 Å². The lowest BCUT2D eigenvalue weighted by molar-refractivity contribution is 0.0346. The summed E-state index contributed by atoms with van der Waals surface area (Å²) in [6, 6.07) is 7.29. The van der Waals surface area contributed by atoms with E-state index in [0.29, 0.717) is 18.5 Å². The molecule has 2 aliphatic heterocycles. The van der Waals surface area contributed by atoms with Gasteiger partial charge in [0.15, 0.2) is 0 Å². The number of carbonyl (C=O) groups excluding carboxylic acids is 1. The summed E-state index contributed by atoms with van der Waals surface area (Å²) in [7, 11) is 0. The zero-order valence-corrected chi connectivity index (χ0v) is 22.0. The standard InChI is InChI=1S/C29H36N4O2S/c1-20-18-33(29(34)31-22-4-2-3-5-22)11-10-24(20)25-7-8-27-26(25)16-21(17-30-27)28-9-6-23(36-28)19-32-12-14-35-15-13-32/h6-7,9-10,16-17,20,22H,2-5,8,11-15,18-19H2,1H3,(H,31,34). The maximum Gasteiger partial charge on any atom is 0.317 e. The summed E-state index contributed by atoms with van der Waals surface area (Å²) in [5.41, 5.74) is 6.29. The van der Waals surface area contributed by atoms with E-state index >= 15 is 0 Å². The first kappa shape index (κ1) is 23.9. The Labute approximate surface area is 218 Å². The molecule has 6 rings (SSSR count). The molecule has 1 unspecified atom stereocenters. The summed E-state index contributed by atoms with van der Waals surface area (Å²) >= 11 is 1.87. The van der Waals surface area contributed by atoms with Crippen LogP contribution in [0.1, 0.15) is 48.7 Å². The van der Waals surface area contributed by atoms with E-state index in [9.17, 15) is 4.79 Å². The van der Waals surface area contributed by atoms with Crippen molar-refractivity contribution in [3.63, 3.8) is 0 Å². The average molecular weight is 505 g/mol. The van der Waals surface area contributed by atoms with Gasteiger partial charge in [-0.15, -0.1) is 11.3 Å². The quantitative estimate of drug-likeness (QED) is 0.615. The summed E-state index contributed by atoms with van der Waals surface area (Å²) in [6.07, 6.45) is 12.2. The third kappa shape index (κ3) is 5.01. The molecule has 1 saturated carbocycles. The molecule has 2 aliphatic carbocycles. The summed E-state index contributed by atoms with van der Waals surface area (Å²) in [4.78, 5) is 24.8. The number of aromatic nitrogens is 1. The number of morpholine rings is 1. The van der Waals surface area contributed by atoms with Gasteiger partial charge in [0.1, 0.15) is 0 Å². The van der Waals surface area contributed by atoms with Crippen LogP contribution in [-0.2, 0) is 17.7 Å². The smallest absolute Gasteiger partial charge is 0.317 e. The second-order valence-electron chi connectivity index (χ2n) is 10.6. The minimum Gasteiger partial charge on any atom is -0.379 e. The number of nitrogens with zero attached hydrogens (tertiary/aromatic N) is 3. The summed E-state index contributed by atoms with van der Waals surface area (Å²) in [5.74, 6) is 0.302. The van der Waals surface area contributed by atoms with Gasteiger partial charge in [-0.2, -0.15) is 0 Å². The van der Waals surface area contributed by atoms with Gasteiger partial charge < -0.3 is 15.0 Å².